The number of ether oxygens (including phenoxy) is 2. The molecule has 1 fully saturated rings. The van der Waals surface area contributed by atoms with E-state index in [9.17, 15) is 9.59 Å². The van der Waals surface area contributed by atoms with E-state index in [1.165, 1.54) is 12.7 Å². The van der Waals surface area contributed by atoms with Gasteiger partial charge in [-0.15, -0.1) is 0 Å². The second kappa shape index (κ2) is 8.18. The van der Waals surface area contributed by atoms with Gasteiger partial charge in [-0.3, -0.25) is 9.59 Å². The highest BCUT2D eigenvalue weighted by Crippen LogP contribution is 2.22. The molecular weight excluding hydrogens is 306 g/mol. The molecule has 0 bridgehead atoms. The molecule has 2 rings (SSSR count). The Kier molecular flexibility index (Phi) is 6.23. The van der Waals surface area contributed by atoms with Crippen LogP contribution in [-0.4, -0.2) is 43.1 Å². The second-order valence-corrected chi connectivity index (χ2v) is 6.63. The molecule has 0 aromatic heterocycles. The van der Waals surface area contributed by atoms with Crippen molar-refractivity contribution in [2.24, 2.45) is 5.92 Å². The fourth-order valence-electron chi connectivity index (χ4n) is 2.98. The third kappa shape index (κ3) is 4.49. The van der Waals surface area contributed by atoms with Gasteiger partial charge in [0.05, 0.1) is 13.0 Å². The van der Waals surface area contributed by atoms with Crippen molar-refractivity contribution in [2.75, 3.05) is 20.2 Å². The predicted octanol–water partition coefficient (Wildman–Crippen LogP) is 2.99. The molecule has 24 heavy (non-hydrogen) atoms. The minimum absolute atomic E-state index is 0.0865. The summed E-state index contributed by atoms with van der Waals surface area (Å²) in [6, 6.07) is 7.83. The number of carbonyl (C=O) groups is 2. The molecule has 1 amide bonds. The van der Waals surface area contributed by atoms with Crippen LogP contribution < -0.4 is 4.74 Å². The molecule has 0 saturated carbocycles. The number of benzene rings is 1. The largest absolute Gasteiger partial charge is 0.481 e. The Morgan fingerprint density at radius 1 is 1.17 bits per heavy atom. The highest BCUT2D eigenvalue weighted by Gasteiger charge is 2.31. The maximum absolute atomic E-state index is 12.6. The van der Waals surface area contributed by atoms with Crippen LogP contribution in [-0.2, 0) is 14.3 Å². The van der Waals surface area contributed by atoms with E-state index in [2.05, 4.69) is 13.8 Å². The van der Waals surface area contributed by atoms with Crippen molar-refractivity contribution in [3.63, 3.8) is 0 Å². The number of nitrogens with zero attached hydrogens (tertiary/aromatic N) is 1. The molecule has 1 heterocycles. The minimum Gasteiger partial charge on any atom is -0.481 e. The van der Waals surface area contributed by atoms with Crippen molar-refractivity contribution in [2.45, 2.75) is 45.6 Å². The molecule has 5 heteroatoms. The summed E-state index contributed by atoms with van der Waals surface area (Å²) in [6.07, 6.45) is 0.996. The lowest BCUT2D eigenvalue weighted by Crippen LogP contribution is -2.47. The van der Waals surface area contributed by atoms with Gasteiger partial charge in [0, 0.05) is 13.1 Å². The van der Waals surface area contributed by atoms with Gasteiger partial charge in [0.15, 0.2) is 6.10 Å². The predicted molar refractivity (Wildman–Crippen MR) is 91.9 cm³/mol. The molecule has 1 aliphatic heterocycles. The highest BCUT2D eigenvalue weighted by molar-refractivity contribution is 5.82. The molecule has 5 nitrogen and oxygen atoms in total. The molecule has 1 aromatic rings. The van der Waals surface area contributed by atoms with Crippen LogP contribution in [0.2, 0.25) is 0 Å². The van der Waals surface area contributed by atoms with E-state index in [1.54, 1.807) is 11.8 Å². The zero-order valence-corrected chi connectivity index (χ0v) is 15.0. The van der Waals surface area contributed by atoms with E-state index in [0.29, 0.717) is 24.8 Å². The van der Waals surface area contributed by atoms with Gasteiger partial charge >= 0.3 is 5.97 Å². The van der Waals surface area contributed by atoms with Gasteiger partial charge in [-0.05, 0) is 43.4 Å². The average Bonchev–Trinajstić information content (AvgIpc) is 2.60. The Morgan fingerprint density at radius 3 is 2.42 bits per heavy atom. The Morgan fingerprint density at radius 2 is 1.83 bits per heavy atom. The maximum Gasteiger partial charge on any atom is 0.310 e. The smallest absolute Gasteiger partial charge is 0.310 e. The van der Waals surface area contributed by atoms with Gasteiger partial charge in [-0.2, -0.15) is 0 Å². The normalized spacial score (nSPS) is 19.0. The van der Waals surface area contributed by atoms with E-state index in [0.717, 1.165) is 12.8 Å². The van der Waals surface area contributed by atoms with Crippen molar-refractivity contribution in [1.29, 1.82) is 0 Å². The molecule has 1 aromatic carbocycles. The Labute approximate surface area is 143 Å². The number of piperidine rings is 1. The van der Waals surface area contributed by atoms with Gasteiger partial charge in [0.2, 0.25) is 0 Å². The lowest BCUT2D eigenvalue weighted by atomic mass is 9.98. The summed E-state index contributed by atoms with van der Waals surface area (Å²) in [5, 5.41) is 0. The molecule has 0 aliphatic carbocycles. The lowest BCUT2D eigenvalue weighted by molar-refractivity contribution is -0.150. The standard InChI is InChI=1S/C19H27NO4/c1-13(2)15-7-9-17(10-8-15)24-14(3)18(21)20-11-5-6-16(12-20)19(22)23-4/h7-10,13-14,16H,5-6,11-12H2,1-4H3. The van der Waals surface area contributed by atoms with Crippen LogP contribution in [0.3, 0.4) is 0 Å². The number of rotatable bonds is 5. The summed E-state index contributed by atoms with van der Waals surface area (Å²) >= 11 is 0. The summed E-state index contributed by atoms with van der Waals surface area (Å²) in [5.74, 6) is 0.579. The van der Waals surface area contributed by atoms with Crippen LogP contribution in [0.1, 0.15) is 45.1 Å². The quantitative estimate of drug-likeness (QED) is 0.777. The molecule has 1 saturated heterocycles. The lowest BCUT2D eigenvalue weighted by Gasteiger charge is -2.33. The van der Waals surface area contributed by atoms with Crippen LogP contribution in [0.4, 0.5) is 0 Å². The van der Waals surface area contributed by atoms with Gasteiger partial charge in [-0.1, -0.05) is 26.0 Å². The van der Waals surface area contributed by atoms with E-state index < -0.39 is 6.10 Å². The first-order valence-corrected chi connectivity index (χ1v) is 8.55. The van der Waals surface area contributed by atoms with Crippen LogP contribution in [0, 0.1) is 5.92 Å². The van der Waals surface area contributed by atoms with Gasteiger partial charge in [0.25, 0.3) is 5.91 Å². The van der Waals surface area contributed by atoms with E-state index in [-0.39, 0.29) is 17.8 Å². The van der Waals surface area contributed by atoms with Crippen molar-refractivity contribution in [3.8, 4) is 5.75 Å². The van der Waals surface area contributed by atoms with Crippen LogP contribution in [0.25, 0.3) is 0 Å². The number of methoxy groups -OCH3 is 1. The third-order valence-electron chi connectivity index (χ3n) is 4.47. The molecular formula is C19H27NO4. The molecule has 0 radical (unpaired) electrons. The number of esters is 1. The van der Waals surface area contributed by atoms with Crippen molar-refractivity contribution in [1.82, 2.24) is 4.90 Å². The number of hydrogen-bond acceptors (Lipinski definition) is 4. The van der Waals surface area contributed by atoms with E-state index in [1.807, 2.05) is 24.3 Å². The number of carbonyl (C=O) groups excluding carboxylic acids is 2. The van der Waals surface area contributed by atoms with E-state index in [4.69, 9.17) is 9.47 Å². The first kappa shape index (κ1) is 18.3. The topological polar surface area (TPSA) is 55.8 Å². The number of hydrogen-bond donors (Lipinski definition) is 0. The summed E-state index contributed by atoms with van der Waals surface area (Å²) in [7, 11) is 1.38. The summed E-state index contributed by atoms with van der Waals surface area (Å²) in [4.78, 5) is 26.0. The number of likely N-dealkylation sites (tertiary alicyclic amines) is 1. The maximum atomic E-state index is 12.6. The van der Waals surface area contributed by atoms with Crippen LogP contribution in [0.15, 0.2) is 24.3 Å². The molecule has 1 aliphatic rings. The Bertz CT molecular complexity index is 567. The minimum atomic E-state index is -0.578. The second-order valence-electron chi connectivity index (χ2n) is 6.63. The highest BCUT2D eigenvalue weighted by atomic mass is 16.5. The Balaban J connectivity index is 1.94. The van der Waals surface area contributed by atoms with E-state index >= 15 is 0 Å². The summed E-state index contributed by atoms with van der Waals surface area (Å²) in [5.41, 5.74) is 1.23. The van der Waals surface area contributed by atoms with Crippen molar-refractivity contribution in [3.05, 3.63) is 29.8 Å². The molecule has 0 N–H and O–H groups in total. The molecule has 2 unspecified atom stereocenters. The first-order chi connectivity index (χ1) is 11.4. The number of amides is 1. The molecule has 132 valence electrons. The van der Waals surface area contributed by atoms with Crippen molar-refractivity contribution < 1.29 is 19.1 Å². The van der Waals surface area contributed by atoms with Crippen molar-refractivity contribution >= 4 is 11.9 Å². The fraction of sp³-hybridized carbons (Fsp3) is 0.579. The van der Waals surface area contributed by atoms with Gasteiger partial charge in [-0.25, -0.2) is 0 Å². The summed E-state index contributed by atoms with van der Waals surface area (Å²) < 4.78 is 10.6. The Hall–Kier alpha value is -2.04. The fourth-order valence-corrected chi connectivity index (χ4v) is 2.98. The zero-order chi connectivity index (χ0) is 17.7. The summed E-state index contributed by atoms with van der Waals surface area (Å²) in [6.45, 7) is 7.09. The first-order valence-electron chi connectivity index (χ1n) is 8.55. The third-order valence-corrected chi connectivity index (χ3v) is 4.47. The van der Waals surface area contributed by atoms with Gasteiger partial charge < -0.3 is 14.4 Å². The monoisotopic (exact) mass is 333 g/mol. The molecule has 2 atom stereocenters. The average molecular weight is 333 g/mol. The zero-order valence-electron chi connectivity index (χ0n) is 15.0. The van der Waals surface area contributed by atoms with Crippen LogP contribution in [0.5, 0.6) is 5.75 Å². The SMILES string of the molecule is COC(=O)C1CCCN(C(=O)C(C)Oc2ccc(C(C)C)cc2)C1. The molecule has 0 spiro atoms. The van der Waals surface area contributed by atoms with Crippen LogP contribution >= 0.6 is 0 Å². The van der Waals surface area contributed by atoms with Gasteiger partial charge in [0.1, 0.15) is 5.75 Å².